The van der Waals surface area contributed by atoms with Crippen LogP contribution in [0.3, 0.4) is 0 Å². The Morgan fingerprint density at radius 1 is 1.31 bits per heavy atom. The van der Waals surface area contributed by atoms with Crippen LogP contribution in [0.2, 0.25) is 0 Å². The molecule has 1 heterocycles. The summed E-state index contributed by atoms with van der Waals surface area (Å²) in [5.41, 5.74) is 5.40. The number of hydrogen-bond acceptors (Lipinski definition) is 6. The fourth-order valence-electron chi connectivity index (χ4n) is 0.985. The summed E-state index contributed by atoms with van der Waals surface area (Å²) in [5.74, 6) is 0.550. The highest BCUT2D eigenvalue weighted by molar-refractivity contribution is 5.26. The number of anilines is 1. The third-order valence-corrected chi connectivity index (χ3v) is 1.53. The van der Waals surface area contributed by atoms with Gasteiger partial charge in [0.2, 0.25) is 5.95 Å². The van der Waals surface area contributed by atoms with Crippen LogP contribution in [-0.2, 0) is 0 Å². The second-order valence-corrected chi connectivity index (χ2v) is 2.44. The highest BCUT2D eigenvalue weighted by atomic mass is 16.3. The highest BCUT2D eigenvalue weighted by Gasteiger charge is 2.06. The third-order valence-electron chi connectivity index (χ3n) is 1.53. The van der Waals surface area contributed by atoms with Gasteiger partial charge in [-0.2, -0.15) is 0 Å². The van der Waals surface area contributed by atoms with E-state index in [0.717, 1.165) is 0 Å². The van der Waals surface area contributed by atoms with Crippen LogP contribution >= 0.6 is 0 Å². The van der Waals surface area contributed by atoms with E-state index in [1.807, 2.05) is 4.90 Å². The van der Waals surface area contributed by atoms with Crippen LogP contribution in [-0.4, -0.2) is 46.3 Å². The van der Waals surface area contributed by atoms with Gasteiger partial charge in [0.25, 0.3) is 0 Å². The van der Waals surface area contributed by atoms with Gasteiger partial charge >= 0.3 is 0 Å². The van der Waals surface area contributed by atoms with Crippen molar-refractivity contribution >= 4 is 5.95 Å². The topological polar surface area (TPSA) is 88.2 Å². The Morgan fingerprint density at radius 2 is 2.00 bits per heavy atom. The Hall–Kier alpha value is -1.27. The summed E-state index contributed by atoms with van der Waals surface area (Å²) >= 11 is 0. The summed E-state index contributed by atoms with van der Waals surface area (Å²) in [6.07, 6.45) is 2.84. The summed E-state index contributed by atoms with van der Waals surface area (Å²) in [7, 11) is 0. The molecule has 0 atom stereocenters. The number of aliphatic hydroxyl groups is 1. The Labute approximate surface area is 76.4 Å². The summed E-state index contributed by atoms with van der Waals surface area (Å²) < 4.78 is 0. The summed E-state index contributed by atoms with van der Waals surface area (Å²) in [6.45, 7) is 1.68. The molecule has 0 saturated heterocycles. The van der Waals surface area contributed by atoms with E-state index < -0.39 is 0 Å². The lowest BCUT2D eigenvalue weighted by Crippen LogP contribution is -2.33. The van der Waals surface area contributed by atoms with Gasteiger partial charge in [0, 0.05) is 19.6 Å². The van der Waals surface area contributed by atoms with Crippen LogP contribution < -0.4 is 10.6 Å². The van der Waals surface area contributed by atoms with Gasteiger partial charge in [-0.25, -0.2) is 15.0 Å². The van der Waals surface area contributed by atoms with Crippen LogP contribution in [0.4, 0.5) is 5.95 Å². The van der Waals surface area contributed by atoms with E-state index >= 15 is 0 Å². The first kappa shape index (κ1) is 9.82. The molecule has 72 valence electrons. The van der Waals surface area contributed by atoms with Crippen molar-refractivity contribution in [3.8, 4) is 0 Å². The quantitative estimate of drug-likeness (QED) is 0.585. The average Bonchev–Trinajstić information content (AvgIpc) is 2.19. The Balaban J connectivity index is 2.64. The van der Waals surface area contributed by atoms with Crippen LogP contribution in [0.5, 0.6) is 0 Å². The van der Waals surface area contributed by atoms with E-state index in [4.69, 9.17) is 10.8 Å². The van der Waals surface area contributed by atoms with Gasteiger partial charge < -0.3 is 15.7 Å². The molecule has 1 aromatic rings. The number of nitrogens with two attached hydrogens (primary N) is 1. The van der Waals surface area contributed by atoms with E-state index in [1.165, 1.54) is 12.7 Å². The first-order chi connectivity index (χ1) is 6.38. The van der Waals surface area contributed by atoms with Crippen LogP contribution in [0, 0.1) is 0 Å². The minimum absolute atomic E-state index is 0.0612. The molecule has 0 saturated carbocycles. The summed E-state index contributed by atoms with van der Waals surface area (Å²) in [4.78, 5) is 13.4. The van der Waals surface area contributed by atoms with E-state index in [0.29, 0.717) is 25.6 Å². The number of hydrogen-bond donors (Lipinski definition) is 2. The lowest BCUT2D eigenvalue weighted by molar-refractivity contribution is 0.301. The largest absolute Gasteiger partial charge is 0.395 e. The molecule has 0 aliphatic rings. The maximum absolute atomic E-state index is 8.77. The standard InChI is InChI=1S/C7H13N5O/c8-1-2-12(3-4-13)7-10-5-9-6-11-7/h5-6,13H,1-4,8H2. The lowest BCUT2D eigenvalue weighted by Gasteiger charge is -2.19. The van der Waals surface area contributed by atoms with Gasteiger partial charge in [-0.3, -0.25) is 0 Å². The minimum atomic E-state index is 0.0612. The molecule has 0 aliphatic carbocycles. The van der Waals surface area contributed by atoms with E-state index in [-0.39, 0.29) is 6.61 Å². The minimum Gasteiger partial charge on any atom is -0.395 e. The second kappa shape index (κ2) is 5.39. The number of aliphatic hydroxyl groups excluding tert-OH is 1. The molecule has 6 nitrogen and oxygen atoms in total. The van der Waals surface area contributed by atoms with Crippen molar-refractivity contribution in [3.05, 3.63) is 12.7 Å². The normalized spacial score (nSPS) is 10.0. The molecular weight excluding hydrogens is 170 g/mol. The number of nitrogens with zero attached hydrogens (tertiary/aromatic N) is 4. The molecule has 0 bridgehead atoms. The molecule has 0 aliphatic heterocycles. The third kappa shape index (κ3) is 2.92. The van der Waals surface area contributed by atoms with Crippen molar-refractivity contribution in [1.29, 1.82) is 0 Å². The smallest absolute Gasteiger partial charge is 0.228 e. The zero-order valence-electron chi connectivity index (χ0n) is 7.30. The zero-order valence-corrected chi connectivity index (χ0v) is 7.30. The molecule has 0 spiro atoms. The first-order valence-electron chi connectivity index (χ1n) is 4.06. The molecule has 6 heteroatoms. The molecule has 0 fully saturated rings. The predicted octanol–water partition coefficient (Wildman–Crippen LogP) is -1.37. The van der Waals surface area contributed by atoms with Crippen molar-refractivity contribution in [2.24, 2.45) is 5.73 Å². The first-order valence-corrected chi connectivity index (χ1v) is 4.06. The molecular formula is C7H13N5O. The van der Waals surface area contributed by atoms with Crippen molar-refractivity contribution in [2.45, 2.75) is 0 Å². The van der Waals surface area contributed by atoms with E-state index in [2.05, 4.69) is 15.0 Å². The van der Waals surface area contributed by atoms with Crippen molar-refractivity contribution in [3.63, 3.8) is 0 Å². The highest BCUT2D eigenvalue weighted by Crippen LogP contribution is 2.01. The maximum atomic E-state index is 8.77. The molecule has 0 unspecified atom stereocenters. The van der Waals surface area contributed by atoms with Crippen LogP contribution in [0.25, 0.3) is 0 Å². The van der Waals surface area contributed by atoms with Crippen molar-refractivity contribution < 1.29 is 5.11 Å². The monoisotopic (exact) mass is 183 g/mol. The summed E-state index contributed by atoms with van der Waals surface area (Å²) in [6, 6.07) is 0. The SMILES string of the molecule is NCCN(CCO)c1ncncn1. The van der Waals surface area contributed by atoms with Crippen LogP contribution in [0.1, 0.15) is 0 Å². The van der Waals surface area contributed by atoms with E-state index in [9.17, 15) is 0 Å². The average molecular weight is 183 g/mol. The molecule has 0 amide bonds. The fourth-order valence-corrected chi connectivity index (χ4v) is 0.985. The Kier molecular flexibility index (Phi) is 4.07. The van der Waals surface area contributed by atoms with Crippen molar-refractivity contribution in [1.82, 2.24) is 15.0 Å². The molecule has 13 heavy (non-hydrogen) atoms. The predicted molar refractivity (Wildman–Crippen MR) is 48.2 cm³/mol. The molecule has 3 N–H and O–H groups in total. The Morgan fingerprint density at radius 3 is 2.54 bits per heavy atom. The summed E-state index contributed by atoms with van der Waals surface area (Å²) in [5, 5.41) is 8.77. The molecule has 0 radical (unpaired) electrons. The molecule has 0 aromatic carbocycles. The van der Waals surface area contributed by atoms with Gasteiger partial charge in [-0.05, 0) is 0 Å². The number of aromatic nitrogens is 3. The maximum Gasteiger partial charge on any atom is 0.228 e. The van der Waals surface area contributed by atoms with Gasteiger partial charge in [-0.15, -0.1) is 0 Å². The van der Waals surface area contributed by atoms with Gasteiger partial charge in [-0.1, -0.05) is 0 Å². The zero-order chi connectivity index (χ0) is 9.52. The van der Waals surface area contributed by atoms with Crippen molar-refractivity contribution in [2.75, 3.05) is 31.1 Å². The second-order valence-electron chi connectivity index (χ2n) is 2.44. The Bertz CT molecular complexity index is 224. The lowest BCUT2D eigenvalue weighted by atomic mass is 10.5. The molecule has 1 aromatic heterocycles. The number of rotatable bonds is 5. The molecule has 1 rings (SSSR count). The van der Waals surface area contributed by atoms with E-state index in [1.54, 1.807) is 0 Å². The van der Waals surface area contributed by atoms with Gasteiger partial charge in [0.15, 0.2) is 0 Å². The van der Waals surface area contributed by atoms with Crippen LogP contribution in [0.15, 0.2) is 12.7 Å². The van der Waals surface area contributed by atoms with Gasteiger partial charge in [0.1, 0.15) is 12.7 Å². The fraction of sp³-hybridized carbons (Fsp3) is 0.571. The van der Waals surface area contributed by atoms with Gasteiger partial charge in [0.05, 0.1) is 6.61 Å².